The van der Waals surface area contributed by atoms with E-state index in [-0.39, 0.29) is 0 Å². The lowest BCUT2D eigenvalue weighted by Crippen LogP contribution is -2.15. The molecule has 18 heavy (non-hydrogen) atoms. The maximum Gasteiger partial charge on any atom is 0.240 e. The maximum absolute atomic E-state index is 5.78. The number of nitrogens with zero attached hydrogens (tertiary/aromatic N) is 2. The van der Waals surface area contributed by atoms with Gasteiger partial charge < -0.3 is 20.1 Å². The number of pyridine rings is 1. The summed E-state index contributed by atoms with van der Waals surface area (Å²) in [7, 11) is 4.08. The van der Waals surface area contributed by atoms with Gasteiger partial charge in [-0.05, 0) is 33.0 Å². The predicted molar refractivity (Wildman–Crippen MR) is 73.1 cm³/mol. The summed E-state index contributed by atoms with van der Waals surface area (Å²) >= 11 is 0. The molecule has 0 radical (unpaired) electrons. The van der Waals surface area contributed by atoms with E-state index in [0.717, 1.165) is 19.4 Å². The Kier molecular flexibility index (Phi) is 6.28. The fraction of sp³-hybridized carbons (Fsp3) is 0.615. The van der Waals surface area contributed by atoms with E-state index >= 15 is 0 Å². The van der Waals surface area contributed by atoms with Crippen molar-refractivity contribution in [1.29, 1.82) is 0 Å². The molecule has 0 saturated heterocycles. The molecule has 0 saturated carbocycles. The minimum atomic E-state index is 0.460. The molecule has 0 spiro atoms. The Morgan fingerprint density at radius 2 is 2.00 bits per heavy atom. The van der Waals surface area contributed by atoms with E-state index in [1.165, 1.54) is 0 Å². The van der Waals surface area contributed by atoms with Crippen LogP contribution in [0.4, 0.5) is 5.69 Å². The molecule has 5 heteroatoms. The average Bonchev–Trinajstić information content (AvgIpc) is 2.34. The minimum Gasteiger partial charge on any atom is -0.478 e. The number of anilines is 1. The molecule has 0 unspecified atom stereocenters. The van der Waals surface area contributed by atoms with E-state index in [1.807, 2.05) is 21.0 Å². The van der Waals surface area contributed by atoms with Gasteiger partial charge in [0.15, 0.2) is 0 Å². The van der Waals surface area contributed by atoms with Gasteiger partial charge in [0.1, 0.15) is 0 Å². The Morgan fingerprint density at radius 1 is 1.22 bits per heavy atom. The summed E-state index contributed by atoms with van der Waals surface area (Å²) in [5.74, 6) is 1.02. The molecule has 5 nitrogen and oxygen atoms in total. The SMILES string of the molecule is CCCOc1nc(OCCCN(C)C)ccc1N. The van der Waals surface area contributed by atoms with Crippen molar-refractivity contribution in [2.45, 2.75) is 19.8 Å². The van der Waals surface area contributed by atoms with Gasteiger partial charge >= 0.3 is 0 Å². The summed E-state index contributed by atoms with van der Waals surface area (Å²) in [6.07, 6.45) is 1.89. The van der Waals surface area contributed by atoms with E-state index < -0.39 is 0 Å². The Balaban J connectivity index is 2.45. The number of hydrogen-bond donors (Lipinski definition) is 1. The fourth-order valence-electron chi connectivity index (χ4n) is 1.39. The van der Waals surface area contributed by atoms with E-state index in [1.54, 1.807) is 12.1 Å². The van der Waals surface area contributed by atoms with Crippen LogP contribution in [-0.4, -0.2) is 43.7 Å². The van der Waals surface area contributed by atoms with E-state index in [0.29, 0.717) is 30.7 Å². The molecule has 1 aromatic rings. The van der Waals surface area contributed by atoms with Crippen LogP contribution in [0.5, 0.6) is 11.8 Å². The molecule has 1 rings (SSSR count). The second-order valence-corrected chi connectivity index (χ2v) is 4.40. The number of nitrogen functional groups attached to an aromatic ring is 1. The van der Waals surface area contributed by atoms with Gasteiger partial charge in [0, 0.05) is 12.6 Å². The molecule has 1 aromatic heterocycles. The molecule has 0 aliphatic carbocycles. The quantitative estimate of drug-likeness (QED) is 0.716. The summed E-state index contributed by atoms with van der Waals surface area (Å²) in [5.41, 5.74) is 6.32. The molecule has 0 aliphatic heterocycles. The van der Waals surface area contributed by atoms with Crippen molar-refractivity contribution in [2.24, 2.45) is 0 Å². The van der Waals surface area contributed by atoms with Crippen LogP contribution in [0.15, 0.2) is 12.1 Å². The van der Waals surface area contributed by atoms with E-state index in [2.05, 4.69) is 9.88 Å². The third kappa shape index (κ3) is 5.23. The zero-order valence-electron chi connectivity index (χ0n) is 11.5. The van der Waals surface area contributed by atoms with Crippen molar-refractivity contribution >= 4 is 5.69 Å². The second kappa shape index (κ2) is 7.76. The summed E-state index contributed by atoms with van der Waals surface area (Å²) in [5, 5.41) is 0. The lowest BCUT2D eigenvalue weighted by atomic mass is 10.4. The number of hydrogen-bond acceptors (Lipinski definition) is 5. The molecule has 0 fully saturated rings. The smallest absolute Gasteiger partial charge is 0.240 e. The van der Waals surface area contributed by atoms with Gasteiger partial charge in [0.2, 0.25) is 11.8 Å². The van der Waals surface area contributed by atoms with E-state index in [4.69, 9.17) is 15.2 Å². The molecule has 2 N–H and O–H groups in total. The summed E-state index contributed by atoms with van der Waals surface area (Å²) in [4.78, 5) is 6.36. The first kappa shape index (κ1) is 14.6. The third-order valence-corrected chi connectivity index (χ3v) is 2.31. The highest BCUT2D eigenvalue weighted by Crippen LogP contribution is 2.22. The summed E-state index contributed by atoms with van der Waals surface area (Å²) in [6, 6.07) is 3.53. The zero-order valence-corrected chi connectivity index (χ0v) is 11.5. The highest BCUT2D eigenvalue weighted by molar-refractivity contribution is 5.49. The van der Waals surface area contributed by atoms with Gasteiger partial charge in [-0.1, -0.05) is 6.92 Å². The van der Waals surface area contributed by atoms with Crippen LogP contribution in [0.25, 0.3) is 0 Å². The van der Waals surface area contributed by atoms with Crippen molar-refractivity contribution in [2.75, 3.05) is 39.6 Å². The van der Waals surface area contributed by atoms with Gasteiger partial charge in [-0.15, -0.1) is 0 Å². The molecule has 102 valence electrons. The first-order chi connectivity index (χ1) is 8.63. The molecule has 0 aliphatic rings. The molecule has 0 bridgehead atoms. The van der Waals surface area contributed by atoms with Crippen molar-refractivity contribution in [3.8, 4) is 11.8 Å². The fourth-order valence-corrected chi connectivity index (χ4v) is 1.39. The minimum absolute atomic E-state index is 0.460. The Labute approximate surface area is 109 Å². The molecular formula is C13H23N3O2. The highest BCUT2D eigenvalue weighted by atomic mass is 16.5. The molecule has 0 atom stereocenters. The lowest BCUT2D eigenvalue weighted by Gasteiger charge is -2.11. The van der Waals surface area contributed by atoms with Gasteiger partial charge in [0.25, 0.3) is 0 Å². The third-order valence-electron chi connectivity index (χ3n) is 2.31. The van der Waals surface area contributed by atoms with E-state index in [9.17, 15) is 0 Å². The van der Waals surface area contributed by atoms with Crippen LogP contribution >= 0.6 is 0 Å². The number of nitrogens with two attached hydrogens (primary N) is 1. The number of rotatable bonds is 8. The lowest BCUT2D eigenvalue weighted by molar-refractivity contribution is 0.262. The zero-order chi connectivity index (χ0) is 13.4. The van der Waals surface area contributed by atoms with Gasteiger partial charge in [-0.3, -0.25) is 0 Å². The van der Waals surface area contributed by atoms with Crippen molar-refractivity contribution in [1.82, 2.24) is 9.88 Å². The Hall–Kier alpha value is -1.49. The highest BCUT2D eigenvalue weighted by Gasteiger charge is 2.05. The van der Waals surface area contributed by atoms with Crippen molar-refractivity contribution in [3.05, 3.63) is 12.1 Å². The summed E-state index contributed by atoms with van der Waals surface area (Å²) < 4.78 is 11.0. The standard InChI is InChI=1S/C13H23N3O2/c1-4-9-18-13-11(14)6-7-12(15-13)17-10-5-8-16(2)3/h6-7H,4-5,8-10,14H2,1-3H3. The second-order valence-electron chi connectivity index (χ2n) is 4.40. The van der Waals surface area contributed by atoms with Crippen LogP contribution in [-0.2, 0) is 0 Å². The van der Waals surface area contributed by atoms with Crippen molar-refractivity contribution < 1.29 is 9.47 Å². The number of aromatic nitrogens is 1. The normalized spacial score (nSPS) is 10.7. The van der Waals surface area contributed by atoms with Gasteiger partial charge in [-0.25, -0.2) is 0 Å². The predicted octanol–water partition coefficient (Wildman–Crippen LogP) is 1.78. The Bertz CT molecular complexity index is 356. The van der Waals surface area contributed by atoms with Crippen LogP contribution in [0.2, 0.25) is 0 Å². The van der Waals surface area contributed by atoms with Crippen LogP contribution < -0.4 is 15.2 Å². The topological polar surface area (TPSA) is 60.6 Å². The molecular weight excluding hydrogens is 230 g/mol. The monoisotopic (exact) mass is 253 g/mol. The number of ether oxygens (including phenoxy) is 2. The maximum atomic E-state index is 5.78. The van der Waals surface area contributed by atoms with Gasteiger partial charge in [0.05, 0.1) is 18.9 Å². The first-order valence-corrected chi connectivity index (χ1v) is 6.30. The average molecular weight is 253 g/mol. The first-order valence-electron chi connectivity index (χ1n) is 6.30. The van der Waals surface area contributed by atoms with Crippen molar-refractivity contribution in [3.63, 3.8) is 0 Å². The molecule has 1 heterocycles. The van der Waals surface area contributed by atoms with Crippen LogP contribution in [0.3, 0.4) is 0 Å². The van der Waals surface area contributed by atoms with Crippen LogP contribution in [0.1, 0.15) is 19.8 Å². The largest absolute Gasteiger partial charge is 0.478 e. The molecule has 0 aromatic carbocycles. The molecule has 0 amide bonds. The van der Waals surface area contributed by atoms with Crippen LogP contribution in [0, 0.1) is 0 Å². The Morgan fingerprint density at radius 3 is 2.67 bits per heavy atom. The summed E-state index contributed by atoms with van der Waals surface area (Å²) in [6.45, 7) is 4.29. The van der Waals surface area contributed by atoms with Gasteiger partial charge in [-0.2, -0.15) is 4.98 Å².